The van der Waals surface area contributed by atoms with E-state index in [0.29, 0.717) is 6.42 Å². The van der Waals surface area contributed by atoms with Crippen molar-refractivity contribution in [2.75, 3.05) is 0 Å². The molecule has 0 rings (SSSR count). The van der Waals surface area contributed by atoms with Crippen molar-refractivity contribution in [3.05, 3.63) is 12.2 Å². The second-order valence-corrected chi connectivity index (χ2v) is 6.66. The zero-order valence-electron chi connectivity index (χ0n) is 15.3. The van der Waals surface area contributed by atoms with Gasteiger partial charge in [-0.25, -0.2) is 0 Å². The van der Waals surface area contributed by atoms with Crippen LogP contribution in [0.5, 0.6) is 0 Å². The summed E-state index contributed by atoms with van der Waals surface area (Å²) in [5.74, 6) is -2.89. The summed E-state index contributed by atoms with van der Waals surface area (Å²) in [6, 6.07) is 0. The molecule has 0 saturated carbocycles. The highest BCUT2D eigenvalue weighted by atomic mass is 16.4. The molecule has 0 heterocycles. The minimum Gasteiger partial charge on any atom is -0.481 e. The number of unbranched alkanes of at least 4 members (excludes halogenated alkanes) is 11. The number of hydrogen-bond acceptors (Lipinski definition) is 2. The van der Waals surface area contributed by atoms with E-state index in [4.69, 9.17) is 10.2 Å². The summed E-state index contributed by atoms with van der Waals surface area (Å²) >= 11 is 0. The Morgan fingerprint density at radius 2 is 1.29 bits per heavy atom. The Hall–Kier alpha value is -1.32. The van der Waals surface area contributed by atoms with E-state index < -0.39 is 17.9 Å². The van der Waals surface area contributed by atoms with Gasteiger partial charge in [-0.1, -0.05) is 83.3 Å². The Morgan fingerprint density at radius 3 is 1.75 bits per heavy atom. The van der Waals surface area contributed by atoms with Gasteiger partial charge in [0, 0.05) is 0 Å². The Balaban J connectivity index is 3.42. The number of allylic oxidation sites excluding steroid dienone is 2. The van der Waals surface area contributed by atoms with E-state index in [0.717, 1.165) is 12.8 Å². The third kappa shape index (κ3) is 15.6. The standard InChI is InChI=1S/C20H36O4/c1-2-3-4-5-6-7-8-9-10-11-12-13-14-15-16-18(20(23)24)17-19(21)22/h14-15,18H,2-13,16-17H2,1H3,(H,21,22)(H,23,24)/b15-14+/t18-/m1/s1. The molecule has 0 aromatic carbocycles. The molecule has 24 heavy (non-hydrogen) atoms. The van der Waals surface area contributed by atoms with E-state index in [-0.39, 0.29) is 6.42 Å². The van der Waals surface area contributed by atoms with E-state index in [2.05, 4.69) is 6.92 Å². The zero-order valence-corrected chi connectivity index (χ0v) is 15.3. The summed E-state index contributed by atoms with van der Waals surface area (Å²) in [6.07, 6.45) is 19.2. The minimum atomic E-state index is -1.05. The summed E-state index contributed by atoms with van der Waals surface area (Å²) in [7, 11) is 0. The number of carbonyl (C=O) groups is 2. The molecule has 0 amide bonds. The maximum atomic E-state index is 10.9. The third-order valence-corrected chi connectivity index (χ3v) is 4.33. The molecule has 2 N–H and O–H groups in total. The van der Waals surface area contributed by atoms with Crippen LogP contribution in [0.4, 0.5) is 0 Å². The van der Waals surface area contributed by atoms with Gasteiger partial charge >= 0.3 is 11.9 Å². The highest BCUT2D eigenvalue weighted by molar-refractivity contribution is 5.77. The lowest BCUT2D eigenvalue weighted by molar-refractivity contribution is -0.148. The molecule has 0 aromatic rings. The predicted octanol–water partition coefficient (Wildman–Crippen LogP) is 5.81. The molecule has 0 aromatic heterocycles. The molecule has 0 aliphatic heterocycles. The van der Waals surface area contributed by atoms with Crippen LogP contribution in [0, 0.1) is 5.92 Å². The van der Waals surface area contributed by atoms with E-state index in [9.17, 15) is 9.59 Å². The number of aliphatic carboxylic acids is 2. The number of carboxylic acids is 2. The first-order chi connectivity index (χ1) is 11.6. The van der Waals surface area contributed by atoms with Gasteiger partial charge in [-0.15, -0.1) is 0 Å². The van der Waals surface area contributed by atoms with Gasteiger partial charge in [-0.2, -0.15) is 0 Å². The van der Waals surface area contributed by atoms with Crippen molar-refractivity contribution in [1.29, 1.82) is 0 Å². The maximum Gasteiger partial charge on any atom is 0.307 e. The van der Waals surface area contributed by atoms with Crippen molar-refractivity contribution in [3.63, 3.8) is 0 Å². The lowest BCUT2D eigenvalue weighted by Crippen LogP contribution is -2.16. The number of hydrogen-bond donors (Lipinski definition) is 2. The van der Waals surface area contributed by atoms with E-state index in [1.165, 1.54) is 64.2 Å². The topological polar surface area (TPSA) is 74.6 Å². The average molecular weight is 341 g/mol. The molecular formula is C20H36O4. The molecule has 4 heteroatoms. The van der Waals surface area contributed by atoms with Gasteiger partial charge < -0.3 is 10.2 Å². The van der Waals surface area contributed by atoms with Gasteiger partial charge in [-0.05, 0) is 19.3 Å². The monoisotopic (exact) mass is 340 g/mol. The molecule has 0 spiro atoms. The van der Waals surface area contributed by atoms with Gasteiger partial charge in [-0.3, -0.25) is 9.59 Å². The van der Waals surface area contributed by atoms with Crippen LogP contribution in [-0.4, -0.2) is 22.2 Å². The highest BCUT2D eigenvalue weighted by Crippen LogP contribution is 2.13. The highest BCUT2D eigenvalue weighted by Gasteiger charge is 2.19. The smallest absolute Gasteiger partial charge is 0.307 e. The first kappa shape index (κ1) is 22.7. The summed E-state index contributed by atoms with van der Waals surface area (Å²) in [6.45, 7) is 2.25. The summed E-state index contributed by atoms with van der Waals surface area (Å²) in [5, 5.41) is 17.6. The first-order valence-electron chi connectivity index (χ1n) is 9.67. The molecule has 0 aliphatic rings. The van der Waals surface area contributed by atoms with Crippen molar-refractivity contribution in [3.8, 4) is 0 Å². The fraction of sp³-hybridized carbons (Fsp3) is 0.800. The normalized spacial score (nSPS) is 12.5. The molecule has 0 radical (unpaired) electrons. The van der Waals surface area contributed by atoms with Crippen molar-refractivity contribution in [1.82, 2.24) is 0 Å². The van der Waals surface area contributed by atoms with Gasteiger partial charge in [0.05, 0.1) is 12.3 Å². The quantitative estimate of drug-likeness (QED) is 0.259. The summed E-state index contributed by atoms with van der Waals surface area (Å²) in [5.41, 5.74) is 0. The zero-order chi connectivity index (χ0) is 18.0. The van der Waals surface area contributed by atoms with Gasteiger partial charge in [0.1, 0.15) is 0 Å². The van der Waals surface area contributed by atoms with E-state index in [1.807, 2.05) is 12.2 Å². The van der Waals surface area contributed by atoms with Gasteiger partial charge in [0.15, 0.2) is 0 Å². The average Bonchev–Trinajstić information content (AvgIpc) is 2.53. The van der Waals surface area contributed by atoms with Crippen molar-refractivity contribution >= 4 is 11.9 Å². The molecule has 1 atom stereocenters. The Kier molecular flexibility index (Phi) is 15.6. The molecule has 4 nitrogen and oxygen atoms in total. The second kappa shape index (κ2) is 16.5. The largest absolute Gasteiger partial charge is 0.481 e. The van der Waals surface area contributed by atoms with Crippen molar-refractivity contribution in [2.24, 2.45) is 5.92 Å². The van der Waals surface area contributed by atoms with Crippen LogP contribution in [0.25, 0.3) is 0 Å². The molecular weight excluding hydrogens is 304 g/mol. The van der Waals surface area contributed by atoms with E-state index in [1.54, 1.807) is 0 Å². The van der Waals surface area contributed by atoms with Gasteiger partial charge in [0.2, 0.25) is 0 Å². The van der Waals surface area contributed by atoms with Crippen LogP contribution >= 0.6 is 0 Å². The number of carboxylic acid groups (broad SMARTS) is 2. The van der Waals surface area contributed by atoms with Crippen LogP contribution in [0.15, 0.2) is 12.2 Å². The third-order valence-electron chi connectivity index (χ3n) is 4.33. The summed E-state index contributed by atoms with van der Waals surface area (Å²) < 4.78 is 0. The maximum absolute atomic E-state index is 10.9. The molecule has 0 unspecified atom stereocenters. The second-order valence-electron chi connectivity index (χ2n) is 6.66. The van der Waals surface area contributed by atoms with E-state index >= 15 is 0 Å². The fourth-order valence-corrected chi connectivity index (χ4v) is 2.79. The van der Waals surface area contributed by atoms with Gasteiger partial charge in [0.25, 0.3) is 0 Å². The van der Waals surface area contributed by atoms with Crippen LogP contribution < -0.4 is 0 Å². The molecule has 140 valence electrons. The Labute approximate surface area is 147 Å². The number of rotatable bonds is 17. The predicted molar refractivity (Wildman–Crippen MR) is 98.2 cm³/mol. The summed E-state index contributed by atoms with van der Waals surface area (Å²) in [4.78, 5) is 21.5. The van der Waals surface area contributed by atoms with Crippen molar-refractivity contribution in [2.45, 2.75) is 96.8 Å². The molecule has 0 fully saturated rings. The fourth-order valence-electron chi connectivity index (χ4n) is 2.79. The molecule has 0 aliphatic carbocycles. The molecule has 0 saturated heterocycles. The van der Waals surface area contributed by atoms with Crippen molar-refractivity contribution < 1.29 is 19.8 Å². The van der Waals surface area contributed by atoms with Crippen LogP contribution in [-0.2, 0) is 9.59 Å². The van der Waals surface area contributed by atoms with Crippen LogP contribution in [0.1, 0.15) is 96.8 Å². The minimum absolute atomic E-state index is 0.305. The Bertz CT molecular complexity index is 350. The Morgan fingerprint density at radius 1 is 0.792 bits per heavy atom. The molecule has 0 bridgehead atoms. The van der Waals surface area contributed by atoms with Crippen LogP contribution in [0.3, 0.4) is 0 Å². The SMILES string of the molecule is CCCCCCCCCCCCC/C=C/C[C@H](CC(=O)O)C(=O)O. The first-order valence-corrected chi connectivity index (χ1v) is 9.67. The van der Waals surface area contributed by atoms with Crippen LogP contribution in [0.2, 0.25) is 0 Å². The lowest BCUT2D eigenvalue weighted by atomic mass is 10.0. The lowest BCUT2D eigenvalue weighted by Gasteiger charge is -2.05.